The zero-order valence-corrected chi connectivity index (χ0v) is 6.13. The van der Waals surface area contributed by atoms with Gasteiger partial charge < -0.3 is 5.11 Å². The molecule has 0 fully saturated rings. The summed E-state index contributed by atoms with van der Waals surface area (Å²) in [6.45, 7) is 0. The van der Waals surface area contributed by atoms with Crippen LogP contribution in [0.3, 0.4) is 0 Å². The Morgan fingerprint density at radius 3 is 2.55 bits per heavy atom. The van der Waals surface area contributed by atoms with Gasteiger partial charge >= 0.3 is 5.97 Å². The Morgan fingerprint density at radius 2 is 2.27 bits per heavy atom. The molecule has 58 valence electrons. The first-order chi connectivity index (χ1) is 5.11. The molecule has 0 amide bonds. The summed E-state index contributed by atoms with van der Waals surface area (Å²) in [6, 6.07) is 1.12. The number of aromatic carboxylic acids is 1. The van der Waals surface area contributed by atoms with Crippen LogP contribution >= 0.6 is 12.6 Å². The Kier molecular flexibility index (Phi) is 1.95. The van der Waals surface area contributed by atoms with Crippen molar-refractivity contribution in [1.82, 2.24) is 10.2 Å². The average molecular weight is 172 g/mol. The molecular formula is C5H4N2O3S. The van der Waals surface area contributed by atoms with E-state index in [4.69, 9.17) is 5.11 Å². The molecule has 0 aliphatic carbocycles. The van der Waals surface area contributed by atoms with Gasteiger partial charge in [-0.3, -0.25) is 9.89 Å². The van der Waals surface area contributed by atoms with Crippen LogP contribution in [0.25, 0.3) is 0 Å². The molecule has 0 bridgehead atoms. The molecule has 0 aromatic carbocycles. The van der Waals surface area contributed by atoms with Crippen molar-refractivity contribution in [2.75, 3.05) is 0 Å². The molecule has 0 aliphatic heterocycles. The maximum absolute atomic E-state index is 10.5. The summed E-state index contributed by atoms with van der Waals surface area (Å²) in [5, 5.41) is 13.4. The van der Waals surface area contributed by atoms with Crippen molar-refractivity contribution in [2.45, 2.75) is 0 Å². The van der Waals surface area contributed by atoms with E-state index in [-0.39, 0.29) is 11.4 Å². The van der Waals surface area contributed by atoms with Crippen LogP contribution in [0.2, 0.25) is 0 Å². The van der Waals surface area contributed by atoms with Gasteiger partial charge in [-0.1, -0.05) is 12.6 Å². The number of thiol groups is 1. The second-order valence-corrected chi connectivity index (χ2v) is 2.18. The highest BCUT2D eigenvalue weighted by Gasteiger charge is 2.10. The number of H-pyrrole nitrogens is 1. The quantitative estimate of drug-likeness (QED) is 0.555. The molecule has 0 saturated heterocycles. The maximum atomic E-state index is 10.5. The number of carboxylic acids is 1. The Labute approximate surface area is 66.8 Å². The molecule has 0 spiro atoms. The van der Waals surface area contributed by atoms with E-state index in [9.17, 15) is 9.59 Å². The van der Waals surface area contributed by atoms with Crippen LogP contribution in [0.1, 0.15) is 21.0 Å². The SMILES string of the molecule is O=C(O)c1cc(C(=O)S)[nH]n1. The zero-order valence-electron chi connectivity index (χ0n) is 5.24. The third-order valence-corrected chi connectivity index (χ3v) is 1.27. The molecule has 1 heterocycles. The van der Waals surface area contributed by atoms with Gasteiger partial charge in [-0.25, -0.2) is 4.79 Å². The van der Waals surface area contributed by atoms with Gasteiger partial charge in [0.1, 0.15) is 5.69 Å². The van der Waals surface area contributed by atoms with Crippen LogP contribution < -0.4 is 0 Å². The topological polar surface area (TPSA) is 83.0 Å². The van der Waals surface area contributed by atoms with E-state index in [1.807, 2.05) is 0 Å². The van der Waals surface area contributed by atoms with Gasteiger partial charge in [0.05, 0.1) is 0 Å². The van der Waals surface area contributed by atoms with Gasteiger partial charge in [-0.2, -0.15) is 5.10 Å². The Hall–Kier alpha value is -1.30. The molecule has 0 aliphatic rings. The van der Waals surface area contributed by atoms with Crippen molar-refractivity contribution in [3.8, 4) is 0 Å². The summed E-state index contributed by atoms with van der Waals surface area (Å²) >= 11 is 3.47. The Bertz CT molecular complexity index is 278. The number of nitrogens with one attached hydrogen (secondary N) is 1. The third kappa shape index (κ3) is 1.58. The molecular weight excluding hydrogens is 168 g/mol. The molecule has 1 rings (SSSR count). The van der Waals surface area contributed by atoms with Crippen LogP contribution in [0, 0.1) is 0 Å². The maximum Gasteiger partial charge on any atom is 0.356 e. The highest BCUT2D eigenvalue weighted by atomic mass is 32.1. The average Bonchev–Trinajstić information content (AvgIpc) is 2.33. The lowest BCUT2D eigenvalue weighted by atomic mass is 10.4. The minimum Gasteiger partial charge on any atom is -0.476 e. The predicted molar refractivity (Wildman–Crippen MR) is 38.9 cm³/mol. The minimum atomic E-state index is -1.18. The number of hydrogen-bond acceptors (Lipinski definition) is 3. The molecule has 0 unspecified atom stereocenters. The largest absolute Gasteiger partial charge is 0.476 e. The number of rotatable bonds is 2. The lowest BCUT2D eigenvalue weighted by molar-refractivity contribution is 0.0690. The van der Waals surface area contributed by atoms with Crippen molar-refractivity contribution in [3.05, 3.63) is 17.5 Å². The van der Waals surface area contributed by atoms with Gasteiger partial charge in [-0.15, -0.1) is 0 Å². The van der Waals surface area contributed by atoms with Crippen molar-refractivity contribution >= 4 is 23.7 Å². The van der Waals surface area contributed by atoms with E-state index in [0.29, 0.717) is 0 Å². The number of carbonyl (C=O) groups is 2. The molecule has 11 heavy (non-hydrogen) atoms. The number of hydrogen-bond donors (Lipinski definition) is 3. The van der Waals surface area contributed by atoms with Crippen LogP contribution in [0.15, 0.2) is 6.07 Å². The summed E-state index contributed by atoms with van der Waals surface area (Å²) in [5.41, 5.74) is -0.117. The van der Waals surface area contributed by atoms with Gasteiger partial charge in [0, 0.05) is 6.07 Å². The number of aromatic nitrogens is 2. The third-order valence-electron chi connectivity index (χ3n) is 1.03. The van der Waals surface area contributed by atoms with Crippen molar-refractivity contribution in [3.63, 3.8) is 0 Å². The van der Waals surface area contributed by atoms with Gasteiger partial charge in [0.2, 0.25) is 5.12 Å². The van der Waals surface area contributed by atoms with E-state index >= 15 is 0 Å². The van der Waals surface area contributed by atoms with E-state index in [1.54, 1.807) is 0 Å². The summed E-state index contributed by atoms with van der Waals surface area (Å²) in [5.74, 6) is -1.18. The molecule has 6 heteroatoms. The molecule has 5 nitrogen and oxygen atoms in total. The van der Waals surface area contributed by atoms with Crippen LogP contribution in [0.5, 0.6) is 0 Å². The molecule has 1 aromatic rings. The summed E-state index contributed by atoms with van der Waals surface area (Å²) < 4.78 is 0. The fourth-order valence-corrected chi connectivity index (χ4v) is 0.655. The standard InChI is InChI=1S/C5H4N2O3S/c8-4(9)2-1-3(5(10)11)7-6-2/h1H,(H,6,7)(H,8,9)(H,10,11). The first-order valence-corrected chi connectivity index (χ1v) is 3.08. The summed E-state index contributed by atoms with van der Waals surface area (Å²) in [4.78, 5) is 20.7. The van der Waals surface area contributed by atoms with E-state index in [1.165, 1.54) is 0 Å². The molecule has 2 N–H and O–H groups in total. The smallest absolute Gasteiger partial charge is 0.356 e. The Balaban J connectivity index is 2.99. The fraction of sp³-hybridized carbons (Fsp3) is 0. The summed E-state index contributed by atoms with van der Waals surface area (Å²) in [6.07, 6.45) is 0. The van der Waals surface area contributed by atoms with Gasteiger partial charge in [0.25, 0.3) is 0 Å². The molecule has 1 aromatic heterocycles. The van der Waals surface area contributed by atoms with Crippen molar-refractivity contribution < 1.29 is 14.7 Å². The number of carbonyl (C=O) groups excluding carboxylic acids is 1. The zero-order chi connectivity index (χ0) is 8.43. The highest BCUT2D eigenvalue weighted by molar-refractivity contribution is 7.97. The first-order valence-electron chi connectivity index (χ1n) is 2.63. The highest BCUT2D eigenvalue weighted by Crippen LogP contribution is 2.01. The van der Waals surface area contributed by atoms with Crippen molar-refractivity contribution in [1.29, 1.82) is 0 Å². The minimum absolute atomic E-state index is 0.0748. The first kappa shape index (κ1) is 7.80. The molecule has 0 saturated carbocycles. The van der Waals surface area contributed by atoms with Crippen molar-refractivity contribution in [2.24, 2.45) is 0 Å². The number of carboxylic acid groups (broad SMARTS) is 1. The van der Waals surface area contributed by atoms with E-state index in [0.717, 1.165) is 6.07 Å². The second kappa shape index (κ2) is 2.75. The lowest BCUT2D eigenvalue weighted by Crippen LogP contribution is -1.95. The van der Waals surface area contributed by atoms with Crippen LogP contribution in [0.4, 0.5) is 0 Å². The summed E-state index contributed by atoms with van der Waals surface area (Å²) in [7, 11) is 0. The fourth-order valence-electron chi connectivity index (χ4n) is 0.541. The lowest BCUT2D eigenvalue weighted by Gasteiger charge is -1.80. The van der Waals surface area contributed by atoms with Crippen LogP contribution in [-0.2, 0) is 0 Å². The number of nitrogens with zero attached hydrogens (tertiary/aromatic N) is 1. The van der Waals surface area contributed by atoms with Gasteiger partial charge in [0.15, 0.2) is 5.69 Å². The van der Waals surface area contributed by atoms with E-state index in [2.05, 4.69) is 22.8 Å². The predicted octanol–water partition coefficient (Wildman–Crippen LogP) is 0.178. The molecule has 0 atom stereocenters. The number of aromatic amines is 1. The Morgan fingerprint density at radius 1 is 1.64 bits per heavy atom. The monoisotopic (exact) mass is 172 g/mol. The second-order valence-electron chi connectivity index (χ2n) is 1.78. The van der Waals surface area contributed by atoms with Crippen LogP contribution in [-0.4, -0.2) is 26.4 Å². The normalized spacial score (nSPS) is 9.55. The molecule has 0 radical (unpaired) electrons. The van der Waals surface area contributed by atoms with E-state index < -0.39 is 11.1 Å². The van der Waals surface area contributed by atoms with Gasteiger partial charge in [-0.05, 0) is 0 Å².